The smallest absolute Gasteiger partial charge is 0.327 e. The van der Waals surface area contributed by atoms with Gasteiger partial charge >= 0.3 is 5.97 Å². The number of unbranched alkanes of at least 4 members (excludes halogenated alkanes) is 1. The number of aliphatic carboxylic acids is 1. The Bertz CT molecular complexity index is 477. The van der Waals surface area contributed by atoms with Crippen molar-refractivity contribution >= 4 is 36.3 Å². The van der Waals surface area contributed by atoms with Crippen molar-refractivity contribution in [1.82, 2.24) is 10.6 Å². The number of amides is 3. The summed E-state index contributed by atoms with van der Waals surface area (Å²) in [5, 5.41) is 13.6. The summed E-state index contributed by atoms with van der Waals surface area (Å²) in [6.07, 6.45) is 1.54. The van der Waals surface area contributed by atoms with Gasteiger partial charge in [-0.1, -0.05) is 6.42 Å². The second-order valence-electron chi connectivity index (χ2n) is 5.54. The van der Waals surface area contributed by atoms with Gasteiger partial charge in [0.1, 0.15) is 12.1 Å². The van der Waals surface area contributed by atoms with Crippen LogP contribution in [0, 0.1) is 0 Å². The predicted molar refractivity (Wildman–Crippen MR) is 94.7 cm³/mol. The molecule has 0 aromatic heterocycles. The van der Waals surface area contributed by atoms with E-state index in [1.165, 1.54) is 0 Å². The lowest BCUT2D eigenvalue weighted by Gasteiger charge is -2.22. The number of carbonyl (C=O) groups is 4. The minimum atomic E-state index is -1.26. The van der Waals surface area contributed by atoms with E-state index in [2.05, 4.69) is 23.3 Å². The SMILES string of the molecule is NCCCCC(N)C(=O)NC(CCC(N)=O)C(=O)NC(CS)C(=O)O. The van der Waals surface area contributed by atoms with Gasteiger partial charge in [-0.2, -0.15) is 12.6 Å². The normalized spacial score (nSPS) is 14.2. The van der Waals surface area contributed by atoms with Crippen LogP contribution < -0.4 is 27.8 Å². The third-order valence-electron chi connectivity index (χ3n) is 3.42. The zero-order valence-corrected chi connectivity index (χ0v) is 14.8. The van der Waals surface area contributed by atoms with Gasteiger partial charge in [0.05, 0.1) is 6.04 Å². The van der Waals surface area contributed by atoms with E-state index in [4.69, 9.17) is 22.3 Å². The molecule has 144 valence electrons. The van der Waals surface area contributed by atoms with Crippen LogP contribution in [0.25, 0.3) is 0 Å². The lowest BCUT2D eigenvalue weighted by Crippen LogP contribution is -2.55. The molecule has 10 nitrogen and oxygen atoms in total. The van der Waals surface area contributed by atoms with E-state index in [1.807, 2.05) is 0 Å². The highest BCUT2D eigenvalue weighted by atomic mass is 32.1. The third-order valence-corrected chi connectivity index (χ3v) is 3.78. The molecule has 25 heavy (non-hydrogen) atoms. The molecule has 0 aromatic carbocycles. The summed E-state index contributed by atoms with van der Waals surface area (Å²) < 4.78 is 0. The molecule has 0 saturated heterocycles. The van der Waals surface area contributed by atoms with Gasteiger partial charge in [-0.25, -0.2) is 4.79 Å². The van der Waals surface area contributed by atoms with Gasteiger partial charge in [0.25, 0.3) is 0 Å². The van der Waals surface area contributed by atoms with Gasteiger partial charge in [-0.3, -0.25) is 14.4 Å². The third kappa shape index (κ3) is 9.89. The number of hydrogen-bond acceptors (Lipinski definition) is 7. The molecule has 0 aliphatic heterocycles. The number of carboxylic acids is 1. The molecule has 9 N–H and O–H groups in total. The molecule has 0 aliphatic carbocycles. The topological polar surface area (TPSA) is 191 Å². The summed E-state index contributed by atoms with van der Waals surface area (Å²) in [7, 11) is 0. The van der Waals surface area contributed by atoms with E-state index in [9.17, 15) is 19.2 Å². The first-order chi connectivity index (χ1) is 11.7. The zero-order valence-electron chi connectivity index (χ0n) is 13.9. The minimum Gasteiger partial charge on any atom is -0.480 e. The maximum atomic E-state index is 12.2. The van der Waals surface area contributed by atoms with Crippen LogP contribution in [0.15, 0.2) is 0 Å². The number of carbonyl (C=O) groups excluding carboxylic acids is 3. The van der Waals surface area contributed by atoms with Gasteiger partial charge in [0, 0.05) is 12.2 Å². The van der Waals surface area contributed by atoms with Crippen molar-refractivity contribution in [3.05, 3.63) is 0 Å². The monoisotopic (exact) mass is 377 g/mol. The van der Waals surface area contributed by atoms with Gasteiger partial charge in [-0.05, 0) is 25.8 Å². The van der Waals surface area contributed by atoms with Crippen molar-refractivity contribution in [2.75, 3.05) is 12.3 Å². The maximum absolute atomic E-state index is 12.2. The summed E-state index contributed by atoms with van der Waals surface area (Å²) in [4.78, 5) is 46.2. The average molecular weight is 377 g/mol. The molecule has 0 fully saturated rings. The summed E-state index contributed by atoms with van der Waals surface area (Å²) in [6, 6.07) is -3.18. The summed E-state index contributed by atoms with van der Waals surface area (Å²) in [5.74, 6) is -3.36. The Hall–Kier alpha value is -1.85. The molecule has 3 amide bonds. The van der Waals surface area contributed by atoms with Crippen molar-refractivity contribution in [2.24, 2.45) is 17.2 Å². The Morgan fingerprint density at radius 2 is 1.60 bits per heavy atom. The first-order valence-corrected chi connectivity index (χ1v) is 8.54. The summed E-state index contributed by atoms with van der Waals surface area (Å²) in [5.41, 5.74) is 16.2. The van der Waals surface area contributed by atoms with Gasteiger partial charge in [-0.15, -0.1) is 0 Å². The molecule has 0 spiro atoms. The highest BCUT2D eigenvalue weighted by Gasteiger charge is 2.27. The van der Waals surface area contributed by atoms with Crippen LogP contribution in [0.3, 0.4) is 0 Å². The molecule has 0 saturated carbocycles. The van der Waals surface area contributed by atoms with E-state index in [1.54, 1.807) is 0 Å². The average Bonchev–Trinajstić information content (AvgIpc) is 2.55. The van der Waals surface area contributed by atoms with E-state index >= 15 is 0 Å². The molecule has 0 aromatic rings. The van der Waals surface area contributed by atoms with Gasteiger partial charge < -0.3 is 32.9 Å². The minimum absolute atomic E-state index is 0.0681. The molecular formula is C14H27N5O5S. The number of nitrogens with two attached hydrogens (primary N) is 3. The van der Waals surface area contributed by atoms with Crippen LogP contribution in [0.4, 0.5) is 0 Å². The van der Waals surface area contributed by atoms with E-state index < -0.39 is 41.8 Å². The zero-order chi connectivity index (χ0) is 19.4. The number of carboxylic acid groups (broad SMARTS) is 1. The Kier molecular flexibility index (Phi) is 11.6. The Labute approximate surface area is 151 Å². The van der Waals surface area contributed by atoms with Crippen molar-refractivity contribution in [3.8, 4) is 0 Å². The van der Waals surface area contributed by atoms with Crippen LogP contribution in [-0.4, -0.2) is 59.2 Å². The predicted octanol–water partition coefficient (Wildman–Crippen LogP) is -2.31. The number of hydrogen-bond donors (Lipinski definition) is 7. The number of primary amides is 1. The molecule has 0 aliphatic rings. The quantitative estimate of drug-likeness (QED) is 0.138. The van der Waals surface area contributed by atoms with Gasteiger partial charge in [0.2, 0.25) is 17.7 Å². The fourth-order valence-electron chi connectivity index (χ4n) is 1.93. The van der Waals surface area contributed by atoms with E-state index in [-0.39, 0.29) is 18.6 Å². The van der Waals surface area contributed by atoms with Crippen molar-refractivity contribution in [1.29, 1.82) is 0 Å². The standard InChI is InChI=1S/C14H27N5O5S/c15-6-2-1-3-8(16)12(21)18-9(4-5-11(17)20)13(22)19-10(7-25)14(23)24/h8-10,25H,1-7,15-16H2,(H2,17,20)(H,18,21)(H,19,22)(H,23,24). The van der Waals surface area contributed by atoms with Crippen molar-refractivity contribution < 1.29 is 24.3 Å². The Morgan fingerprint density at radius 1 is 1.00 bits per heavy atom. The number of rotatable bonds is 13. The summed E-state index contributed by atoms with van der Waals surface area (Å²) in [6.45, 7) is 0.484. The first-order valence-electron chi connectivity index (χ1n) is 7.91. The molecule has 3 atom stereocenters. The molecular weight excluding hydrogens is 350 g/mol. The second kappa shape index (κ2) is 12.5. The van der Waals surface area contributed by atoms with Crippen LogP contribution in [-0.2, 0) is 19.2 Å². The Morgan fingerprint density at radius 3 is 2.08 bits per heavy atom. The van der Waals surface area contributed by atoms with E-state index in [0.717, 1.165) is 6.42 Å². The van der Waals surface area contributed by atoms with Crippen molar-refractivity contribution in [2.45, 2.75) is 50.2 Å². The van der Waals surface area contributed by atoms with Crippen LogP contribution in [0.5, 0.6) is 0 Å². The molecule has 0 bridgehead atoms. The number of nitrogens with one attached hydrogen (secondary N) is 2. The molecule has 0 rings (SSSR count). The van der Waals surface area contributed by atoms with Crippen LogP contribution in [0.2, 0.25) is 0 Å². The molecule has 11 heteroatoms. The highest BCUT2D eigenvalue weighted by Crippen LogP contribution is 2.03. The highest BCUT2D eigenvalue weighted by molar-refractivity contribution is 7.80. The molecule has 0 heterocycles. The fraction of sp³-hybridized carbons (Fsp3) is 0.714. The largest absolute Gasteiger partial charge is 0.480 e. The maximum Gasteiger partial charge on any atom is 0.327 e. The van der Waals surface area contributed by atoms with Crippen LogP contribution >= 0.6 is 12.6 Å². The lowest BCUT2D eigenvalue weighted by molar-refractivity contribution is -0.141. The lowest BCUT2D eigenvalue weighted by atomic mass is 10.1. The van der Waals surface area contributed by atoms with Crippen molar-refractivity contribution in [3.63, 3.8) is 0 Å². The first kappa shape index (κ1) is 23.1. The summed E-state index contributed by atoms with van der Waals surface area (Å²) >= 11 is 3.85. The Balaban J connectivity index is 4.85. The van der Waals surface area contributed by atoms with Crippen LogP contribution in [0.1, 0.15) is 32.1 Å². The van der Waals surface area contributed by atoms with E-state index in [0.29, 0.717) is 19.4 Å². The molecule has 0 radical (unpaired) electrons. The number of thiol groups is 1. The second-order valence-corrected chi connectivity index (χ2v) is 5.90. The van der Waals surface area contributed by atoms with Gasteiger partial charge in [0.15, 0.2) is 0 Å². The molecule has 3 unspecified atom stereocenters. The fourth-order valence-corrected chi connectivity index (χ4v) is 2.18.